The Labute approximate surface area is 152 Å². The molecular formula is C19H27F5OS. The van der Waals surface area contributed by atoms with Gasteiger partial charge < -0.3 is 4.74 Å². The lowest BCUT2D eigenvalue weighted by Gasteiger charge is -2.53. The zero-order valence-electron chi connectivity index (χ0n) is 15.1. The van der Waals surface area contributed by atoms with Crippen LogP contribution in [0.1, 0.15) is 64.7 Å². The Hall–Kier alpha value is -0.980. The molecule has 0 aliphatic heterocycles. The predicted octanol–water partition coefficient (Wildman–Crippen LogP) is 8.25. The van der Waals surface area contributed by atoms with Crippen molar-refractivity contribution in [3.63, 3.8) is 0 Å². The quantitative estimate of drug-likeness (QED) is 0.420. The van der Waals surface area contributed by atoms with Crippen LogP contribution in [0.3, 0.4) is 0 Å². The Morgan fingerprint density at radius 3 is 1.81 bits per heavy atom. The summed E-state index contributed by atoms with van der Waals surface area (Å²) in [4.78, 5) is -1.87. The van der Waals surface area contributed by atoms with E-state index < -0.39 is 15.1 Å². The number of halogens is 5. The molecule has 0 unspecified atom stereocenters. The van der Waals surface area contributed by atoms with Crippen molar-refractivity contribution >= 4 is 10.2 Å². The molecule has 0 spiro atoms. The van der Waals surface area contributed by atoms with Gasteiger partial charge in [-0.15, -0.1) is 0 Å². The molecule has 0 N–H and O–H groups in total. The maximum atomic E-state index is 12.8. The molecule has 0 radical (unpaired) electrons. The van der Waals surface area contributed by atoms with Crippen molar-refractivity contribution in [1.29, 1.82) is 0 Å². The van der Waals surface area contributed by atoms with Gasteiger partial charge in [0.05, 0.1) is 6.61 Å². The summed E-state index contributed by atoms with van der Waals surface area (Å²) in [5.74, 6) is 0.221. The molecule has 4 rings (SSSR count). The second kappa shape index (κ2) is 5.76. The highest BCUT2D eigenvalue weighted by Crippen LogP contribution is 3.02. The van der Waals surface area contributed by atoms with Crippen LogP contribution in [0.2, 0.25) is 0 Å². The van der Waals surface area contributed by atoms with Crippen LogP contribution in [0.5, 0.6) is 5.75 Å². The molecule has 0 amide bonds. The van der Waals surface area contributed by atoms with Gasteiger partial charge in [-0.05, 0) is 74.6 Å². The van der Waals surface area contributed by atoms with Crippen LogP contribution in [-0.4, -0.2) is 6.61 Å². The lowest BCUT2D eigenvalue weighted by atomic mass is 9.53. The fourth-order valence-electron chi connectivity index (χ4n) is 4.51. The molecule has 7 heteroatoms. The first-order chi connectivity index (χ1) is 11.9. The maximum absolute atomic E-state index is 12.8. The van der Waals surface area contributed by atoms with E-state index in [9.17, 15) is 19.4 Å². The van der Waals surface area contributed by atoms with E-state index in [2.05, 4.69) is 6.92 Å². The fourth-order valence-corrected chi connectivity index (χ4v) is 5.16. The molecule has 0 saturated heterocycles. The largest absolute Gasteiger partial charge is 0.493 e. The highest BCUT2D eigenvalue weighted by Gasteiger charge is 2.65. The lowest BCUT2D eigenvalue weighted by Crippen LogP contribution is -2.44. The van der Waals surface area contributed by atoms with Crippen LogP contribution in [0, 0.1) is 10.8 Å². The number of unbranched alkanes of at least 4 members (excludes halogenated alkanes) is 1. The molecule has 1 nitrogen and oxygen atoms in total. The van der Waals surface area contributed by atoms with E-state index in [1.54, 1.807) is 0 Å². The standard InChI is InChI=1S/C19H27F5OS/c1-2-3-8-18-9-12-19(13-10-18,14-11-18)15-25-16-4-6-17(7-5-16)26(20,21,22,23)24/h4-7H,2-3,8-15H2,1H3. The molecular weight excluding hydrogens is 371 g/mol. The molecule has 1 aromatic rings. The van der Waals surface area contributed by atoms with Crippen LogP contribution in [0.15, 0.2) is 29.2 Å². The van der Waals surface area contributed by atoms with Crippen LogP contribution in [-0.2, 0) is 0 Å². The predicted molar refractivity (Wildman–Crippen MR) is 95.4 cm³/mol. The van der Waals surface area contributed by atoms with Crippen molar-refractivity contribution in [3.05, 3.63) is 24.3 Å². The first kappa shape index (κ1) is 19.8. The summed E-state index contributed by atoms with van der Waals surface area (Å²) in [5.41, 5.74) is 0.577. The minimum Gasteiger partial charge on any atom is -0.493 e. The van der Waals surface area contributed by atoms with E-state index in [0.717, 1.165) is 31.4 Å². The van der Waals surface area contributed by atoms with Crippen molar-refractivity contribution in [3.8, 4) is 5.75 Å². The van der Waals surface area contributed by atoms with Crippen molar-refractivity contribution in [1.82, 2.24) is 0 Å². The van der Waals surface area contributed by atoms with E-state index in [-0.39, 0.29) is 11.2 Å². The fraction of sp³-hybridized carbons (Fsp3) is 0.684. The molecule has 150 valence electrons. The zero-order valence-corrected chi connectivity index (χ0v) is 15.9. The summed E-state index contributed by atoms with van der Waals surface area (Å²) >= 11 is 0. The molecule has 3 aliphatic carbocycles. The van der Waals surface area contributed by atoms with Gasteiger partial charge >= 0.3 is 10.2 Å². The maximum Gasteiger partial charge on any atom is 0.310 e. The summed E-state index contributed by atoms with van der Waals surface area (Å²) in [6.45, 7) is 2.66. The highest BCUT2D eigenvalue weighted by atomic mass is 32.5. The summed E-state index contributed by atoms with van der Waals surface area (Å²) in [6.07, 6.45) is 10.6. The Bertz CT molecular complexity index is 628. The first-order valence-corrected chi connectivity index (χ1v) is 11.3. The van der Waals surface area contributed by atoms with Gasteiger partial charge in [0.1, 0.15) is 10.6 Å². The highest BCUT2D eigenvalue weighted by molar-refractivity contribution is 8.45. The summed E-state index contributed by atoms with van der Waals surface area (Å²) in [6, 6.07) is 2.85. The molecule has 1 aromatic carbocycles. The smallest absolute Gasteiger partial charge is 0.310 e. The van der Waals surface area contributed by atoms with Gasteiger partial charge in [0, 0.05) is 5.41 Å². The monoisotopic (exact) mass is 398 g/mol. The first-order valence-electron chi connectivity index (χ1n) is 9.33. The summed E-state index contributed by atoms with van der Waals surface area (Å²) in [7, 11) is -9.61. The van der Waals surface area contributed by atoms with Crippen molar-refractivity contribution < 1.29 is 24.2 Å². The van der Waals surface area contributed by atoms with E-state index >= 15 is 0 Å². The number of fused-ring (bicyclic) bond motifs is 3. The van der Waals surface area contributed by atoms with Gasteiger partial charge in [0.25, 0.3) is 0 Å². The van der Waals surface area contributed by atoms with E-state index in [1.807, 2.05) is 0 Å². The average molecular weight is 398 g/mol. The summed E-state index contributed by atoms with van der Waals surface area (Å²) < 4.78 is 69.5. The second-order valence-electron chi connectivity index (χ2n) is 8.33. The van der Waals surface area contributed by atoms with E-state index in [1.165, 1.54) is 38.5 Å². The van der Waals surface area contributed by atoms with Gasteiger partial charge in [-0.1, -0.05) is 39.2 Å². The van der Waals surface area contributed by atoms with Gasteiger partial charge in [-0.2, -0.15) is 0 Å². The lowest BCUT2D eigenvalue weighted by molar-refractivity contribution is -0.0407. The van der Waals surface area contributed by atoms with Crippen molar-refractivity contribution in [2.75, 3.05) is 6.61 Å². The third-order valence-corrected chi connectivity index (χ3v) is 7.59. The third kappa shape index (κ3) is 4.29. The normalized spacial score (nSPS) is 31.3. The molecule has 0 aromatic heterocycles. The van der Waals surface area contributed by atoms with Crippen LogP contribution >= 0.6 is 10.2 Å². The molecule has 0 heterocycles. The number of hydrogen-bond acceptors (Lipinski definition) is 1. The molecule has 3 fully saturated rings. The molecule has 3 aliphatic rings. The number of benzene rings is 1. The van der Waals surface area contributed by atoms with Gasteiger partial charge in [-0.25, -0.2) is 0 Å². The van der Waals surface area contributed by atoms with Gasteiger partial charge in [0.2, 0.25) is 0 Å². The number of ether oxygens (including phenoxy) is 1. The SMILES string of the molecule is CCCCC12CCC(COc3ccc(S(F)(F)(F)(F)F)cc3)(CC1)CC2. The Morgan fingerprint density at radius 2 is 1.35 bits per heavy atom. The van der Waals surface area contributed by atoms with Crippen LogP contribution in [0.25, 0.3) is 0 Å². The topological polar surface area (TPSA) is 9.23 Å². The van der Waals surface area contributed by atoms with Crippen molar-refractivity contribution in [2.24, 2.45) is 10.8 Å². The average Bonchev–Trinajstić information content (AvgIpc) is 2.59. The Morgan fingerprint density at radius 1 is 0.846 bits per heavy atom. The van der Waals surface area contributed by atoms with Gasteiger partial charge in [-0.3, -0.25) is 0 Å². The molecule has 3 saturated carbocycles. The third-order valence-electron chi connectivity index (χ3n) is 6.43. The second-order valence-corrected chi connectivity index (χ2v) is 10.7. The minimum absolute atomic E-state index is 0.0900. The minimum atomic E-state index is -9.61. The van der Waals surface area contributed by atoms with Crippen LogP contribution < -0.4 is 4.74 Å². The molecule has 2 bridgehead atoms. The van der Waals surface area contributed by atoms with Gasteiger partial charge in [0.15, 0.2) is 0 Å². The Balaban J connectivity index is 1.59. The molecule has 26 heavy (non-hydrogen) atoms. The number of hydrogen-bond donors (Lipinski definition) is 0. The van der Waals surface area contributed by atoms with Crippen LogP contribution in [0.4, 0.5) is 19.4 Å². The Kier molecular flexibility index (Phi) is 4.38. The number of rotatable bonds is 7. The van der Waals surface area contributed by atoms with E-state index in [4.69, 9.17) is 4.74 Å². The summed E-state index contributed by atoms with van der Waals surface area (Å²) in [5, 5.41) is 0. The van der Waals surface area contributed by atoms with Crippen molar-refractivity contribution in [2.45, 2.75) is 69.6 Å². The van der Waals surface area contributed by atoms with E-state index in [0.29, 0.717) is 24.2 Å². The molecule has 0 atom stereocenters. The zero-order chi connectivity index (χ0) is 19.2.